The molecule has 2 aromatic carbocycles. The van der Waals surface area contributed by atoms with E-state index in [9.17, 15) is 4.79 Å². The number of hydrogen-bond acceptors (Lipinski definition) is 6. The molecule has 7 nitrogen and oxygen atoms in total. The van der Waals surface area contributed by atoms with E-state index in [1.54, 1.807) is 30.3 Å². The highest BCUT2D eigenvalue weighted by atomic mass is 35.5. The van der Waals surface area contributed by atoms with Gasteiger partial charge in [-0.1, -0.05) is 0 Å². The molecule has 0 saturated heterocycles. The Balaban J connectivity index is 1.95. The van der Waals surface area contributed by atoms with Gasteiger partial charge in [-0.15, -0.1) is 11.6 Å². The molecule has 1 aliphatic heterocycles. The van der Waals surface area contributed by atoms with Crippen LogP contribution in [0.25, 0.3) is 0 Å². The van der Waals surface area contributed by atoms with Gasteiger partial charge in [-0.2, -0.15) is 0 Å². The minimum absolute atomic E-state index is 0.0475. The Morgan fingerprint density at radius 2 is 2.04 bits per heavy atom. The van der Waals surface area contributed by atoms with E-state index in [-0.39, 0.29) is 18.5 Å². The van der Waals surface area contributed by atoms with Crippen LogP contribution in [0.5, 0.6) is 23.0 Å². The van der Waals surface area contributed by atoms with Crippen molar-refractivity contribution in [3.63, 3.8) is 0 Å². The predicted octanol–water partition coefficient (Wildman–Crippen LogP) is 3.22. The van der Waals surface area contributed by atoms with Gasteiger partial charge in [0.05, 0.1) is 18.6 Å². The number of methoxy groups -OCH3 is 1. The molecule has 0 spiro atoms. The maximum Gasteiger partial charge on any atom is 0.337 e. The summed E-state index contributed by atoms with van der Waals surface area (Å²) >= 11 is 5.69. The largest absolute Gasteiger partial charge is 0.465 e. The van der Waals surface area contributed by atoms with Crippen LogP contribution in [0.2, 0.25) is 0 Å². The van der Waals surface area contributed by atoms with Gasteiger partial charge in [0.2, 0.25) is 6.79 Å². The molecule has 0 radical (unpaired) electrons. The van der Waals surface area contributed by atoms with Crippen LogP contribution in [0.3, 0.4) is 0 Å². The number of alkyl halides is 1. The summed E-state index contributed by atoms with van der Waals surface area (Å²) in [6.45, 7) is 0.175. The van der Waals surface area contributed by atoms with Gasteiger partial charge in [0.15, 0.2) is 17.2 Å². The first-order valence-corrected chi connectivity index (χ1v) is 7.83. The molecular weight excluding hydrogens is 348 g/mol. The highest BCUT2D eigenvalue weighted by molar-refractivity contribution is 6.28. The van der Waals surface area contributed by atoms with E-state index in [0.29, 0.717) is 34.2 Å². The molecule has 0 saturated carbocycles. The molecule has 8 heteroatoms. The molecule has 3 rings (SSSR count). The topological polar surface area (TPSA) is 92.4 Å². The second-order valence-corrected chi connectivity index (χ2v) is 5.30. The molecule has 2 aromatic rings. The van der Waals surface area contributed by atoms with Crippen LogP contribution in [0.15, 0.2) is 41.4 Å². The van der Waals surface area contributed by atoms with Crippen molar-refractivity contribution in [2.75, 3.05) is 19.8 Å². The first-order chi connectivity index (χ1) is 12.1. The number of carbonyl (C=O) groups is 1. The normalized spacial score (nSPS) is 12.8. The summed E-state index contributed by atoms with van der Waals surface area (Å²) in [5, 5.41) is 0. The zero-order valence-corrected chi connectivity index (χ0v) is 14.1. The molecule has 25 heavy (non-hydrogen) atoms. The van der Waals surface area contributed by atoms with Crippen molar-refractivity contribution in [1.29, 1.82) is 0 Å². The van der Waals surface area contributed by atoms with E-state index < -0.39 is 5.97 Å². The van der Waals surface area contributed by atoms with E-state index >= 15 is 0 Å². The van der Waals surface area contributed by atoms with Gasteiger partial charge in [-0.3, -0.25) is 0 Å². The van der Waals surface area contributed by atoms with Crippen molar-refractivity contribution in [3.05, 3.63) is 42.0 Å². The van der Waals surface area contributed by atoms with Crippen LogP contribution in [0.1, 0.15) is 10.4 Å². The highest BCUT2D eigenvalue weighted by Gasteiger charge is 2.16. The van der Waals surface area contributed by atoms with Gasteiger partial charge in [-0.25, -0.2) is 9.79 Å². The number of nitrogens with zero attached hydrogens (tertiary/aromatic N) is 1. The number of aliphatic imine (C=N–C) groups is 1. The van der Waals surface area contributed by atoms with Crippen LogP contribution in [0, 0.1) is 0 Å². The van der Waals surface area contributed by atoms with E-state index in [2.05, 4.69) is 4.99 Å². The number of esters is 1. The van der Waals surface area contributed by atoms with Gasteiger partial charge in [0.25, 0.3) is 0 Å². The third-order valence-corrected chi connectivity index (χ3v) is 3.63. The lowest BCUT2D eigenvalue weighted by Crippen LogP contribution is -2.12. The molecule has 0 bridgehead atoms. The van der Waals surface area contributed by atoms with Crippen molar-refractivity contribution >= 4 is 29.1 Å². The lowest BCUT2D eigenvalue weighted by Gasteiger charge is -2.11. The average molecular weight is 363 g/mol. The molecule has 0 aromatic heterocycles. The van der Waals surface area contributed by atoms with Crippen LogP contribution in [0.4, 0.5) is 5.69 Å². The third-order valence-electron chi connectivity index (χ3n) is 3.35. The summed E-state index contributed by atoms with van der Waals surface area (Å²) in [5.41, 5.74) is 6.39. The second-order valence-electron chi connectivity index (χ2n) is 5.03. The molecule has 1 heterocycles. The van der Waals surface area contributed by atoms with Crippen molar-refractivity contribution < 1.29 is 23.7 Å². The lowest BCUT2D eigenvalue weighted by atomic mass is 10.2. The highest BCUT2D eigenvalue weighted by Crippen LogP contribution is 2.39. The van der Waals surface area contributed by atoms with Gasteiger partial charge >= 0.3 is 5.97 Å². The van der Waals surface area contributed by atoms with Crippen molar-refractivity contribution in [1.82, 2.24) is 0 Å². The second kappa shape index (κ2) is 7.31. The van der Waals surface area contributed by atoms with Crippen molar-refractivity contribution in [2.45, 2.75) is 0 Å². The molecule has 1 aliphatic rings. The van der Waals surface area contributed by atoms with Crippen LogP contribution in [-0.4, -0.2) is 31.6 Å². The number of hydrogen-bond donors (Lipinski definition) is 1. The quantitative estimate of drug-likeness (QED) is 0.380. The number of nitrogens with two attached hydrogens (primary N) is 1. The van der Waals surface area contributed by atoms with Gasteiger partial charge < -0.3 is 24.7 Å². The first kappa shape index (κ1) is 16.9. The Bertz CT molecular complexity index is 838. The van der Waals surface area contributed by atoms with Crippen molar-refractivity contribution in [3.8, 4) is 23.0 Å². The van der Waals surface area contributed by atoms with Crippen LogP contribution < -0.4 is 19.9 Å². The van der Waals surface area contributed by atoms with E-state index in [4.69, 9.17) is 36.3 Å². The Morgan fingerprint density at radius 3 is 2.80 bits per heavy atom. The summed E-state index contributed by atoms with van der Waals surface area (Å²) in [7, 11) is 1.30. The van der Waals surface area contributed by atoms with E-state index in [0.717, 1.165) is 0 Å². The first-order valence-electron chi connectivity index (χ1n) is 7.29. The summed E-state index contributed by atoms with van der Waals surface area (Å²) < 4.78 is 21.2. The van der Waals surface area contributed by atoms with Crippen molar-refractivity contribution in [2.24, 2.45) is 10.7 Å². The minimum atomic E-state index is -0.490. The number of carbonyl (C=O) groups excluding carboxylic acids is 1. The Morgan fingerprint density at radius 1 is 1.24 bits per heavy atom. The molecule has 0 unspecified atom stereocenters. The van der Waals surface area contributed by atoms with Gasteiger partial charge in [0, 0.05) is 6.07 Å². The molecule has 0 amide bonds. The fourth-order valence-electron chi connectivity index (χ4n) is 2.19. The number of ether oxygens (including phenoxy) is 4. The molecule has 130 valence electrons. The smallest absolute Gasteiger partial charge is 0.337 e. The van der Waals surface area contributed by atoms with Crippen LogP contribution >= 0.6 is 11.6 Å². The van der Waals surface area contributed by atoms with E-state index in [1.165, 1.54) is 13.2 Å². The van der Waals surface area contributed by atoms with Gasteiger partial charge in [-0.05, 0) is 30.3 Å². The van der Waals surface area contributed by atoms with Gasteiger partial charge in [0.1, 0.15) is 17.3 Å². The average Bonchev–Trinajstić information content (AvgIpc) is 3.10. The van der Waals surface area contributed by atoms with E-state index in [1.807, 2.05) is 0 Å². The SMILES string of the molecule is COC(=O)c1ccc(Oc2ccc3c(c2)OCO3)c(N=C(N)CCl)c1. The number of halogens is 1. The number of amidine groups is 1. The lowest BCUT2D eigenvalue weighted by molar-refractivity contribution is 0.0600. The summed E-state index contributed by atoms with van der Waals surface area (Å²) in [4.78, 5) is 15.9. The zero-order valence-electron chi connectivity index (χ0n) is 13.3. The zero-order chi connectivity index (χ0) is 17.8. The third kappa shape index (κ3) is 3.77. The summed E-state index contributed by atoms with van der Waals surface area (Å²) in [5.74, 6) is 1.92. The molecule has 0 aliphatic carbocycles. The van der Waals surface area contributed by atoms with Crippen LogP contribution in [-0.2, 0) is 4.74 Å². The molecule has 0 atom stereocenters. The maximum absolute atomic E-state index is 11.7. The Hall–Kier alpha value is -2.93. The fraction of sp³-hybridized carbons (Fsp3) is 0.176. The summed E-state index contributed by atoms with van der Waals surface area (Å²) in [6.07, 6.45) is 0. The maximum atomic E-state index is 11.7. The standard InChI is InChI=1S/C17H15ClN2O5/c1-22-17(21)10-2-4-13(12(6-10)20-16(19)8-18)25-11-3-5-14-15(7-11)24-9-23-14/h2-7H,8-9H2,1H3,(H2,19,20). The monoisotopic (exact) mass is 362 g/mol. The predicted molar refractivity (Wildman–Crippen MR) is 92.4 cm³/mol. The Labute approximate surface area is 148 Å². The fourth-order valence-corrected chi connectivity index (χ4v) is 2.25. The number of benzene rings is 2. The number of rotatable bonds is 5. The molecule has 0 fully saturated rings. The molecular formula is C17H15ClN2O5. The minimum Gasteiger partial charge on any atom is -0.465 e. The summed E-state index contributed by atoms with van der Waals surface area (Å²) in [6, 6.07) is 9.89. The molecule has 2 N–H and O–H groups in total. The number of fused-ring (bicyclic) bond motifs is 1. The Kier molecular flexibility index (Phi) is 4.95.